The van der Waals surface area contributed by atoms with Crippen LogP contribution in [0.25, 0.3) is 0 Å². The number of nitrogens with one attached hydrogen (secondary N) is 1. The van der Waals surface area contributed by atoms with Crippen molar-refractivity contribution in [3.63, 3.8) is 0 Å². The zero-order valence-electron chi connectivity index (χ0n) is 13.9. The van der Waals surface area contributed by atoms with E-state index in [2.05, 4.69) is 10.2 Å². The first-order valence-corrected chi connectivity index (χ1v) is 8.59. The van der Waals surface area contributed by atoms with Gasteiger partial charge >= 0.3 is 0 Å². The average molecular weight is 324 g/mol. The number of benzene rings is 1. The van der Waals surface area contributed by atoms with Gasteiger partial charge in [0.25, 0.3) is 5.92 Å². The van der Waals surface area contributed by atoms with Crippen molar-refractivity contribution in [2.75, 3.05) is 26.2 Å². The lowest BCUT2D eigenvalue weighted by atomic mass is 9.97. The van der Waals surface area contributed by atoms with Crippen LogP contribution in [0.1, 0.15) is 43.9 Å². The summed E-state index contributed by atoms with van der Waals surface area (Å²) < 4.78 is 35.4. The van der Waals surface area contributed by atoms with Crippen LogP contribution < -0.4 is 5.32 Å². The van der Waals surface area contributed by atoms with Crippen LogP contribution in [0.2, 0.25) is 0 Å². The van der Waals surface area contributed by atoms with Gasteiger partial charge in [0, 0.05) is 30.7 Å². The summed E-state index contributed by atoms with van der Waals surface area (Å²) in [5.74, 6) is -2.96. The van der Waals surface area contributed by atoms with Crippen LogP contribution >= 0.6 is 0 Å². The van der Waals surface area contributed by atoms with Gasteiger partial charge in [-0.2, -0.15) is 8.78 Å². The molecule has 0 bridgehead atoms. The summed E-state index contributed by atoms with van der Waals surface area (Å²) in [6, 6.07) is 7.30. The zero-order chi connectivity index (χ0) is 16.4. The lowest BCUT2D eigenvalue weighted by molar-refractivity contribution is -0.173. The molecular weight excluding hydrogens is 298 g/mol. The lowest BCUT2D eigenvalue weighted by Gasteiger charge is -2.37. The highest BCUT2D eigenvalue weighted by Gasteiger charge is 2.46. The molecule has 2 fully saturated rings. The van der Waals surface area contributed by atoms with E-state index in [0.29, 0.717) is 19.2 Å². The fourth-order valence-electron chi connectivity index (χ4n) is 3.29. The van der Waals surface area contributed by atoms with E-state index >= 15 is 0 Å². The van der Waals surface area contributed by atoms with E-state index < -0.39 is 12.0 Å². The lowest BCUT2D eigenvalue weighted by Crippen LogP contribution is -2.50. The molecule has 1 N–H and O–H groups in total. The quantitative estimate of drug-likeness (QED) is 0.869. The second kappa shape index (κ2) is 6.83. The van der Waals surface area contributed by atoms with Crippen molar-refractivity contribution in [2.45, 2.75) is 50.8 Å². The number of nitrogens with zero attached hydrogens (tertiary/aromatic N) is 1. The number of hydrogen-bond donors (Lipinski definition) is 1. The van der Waals surface area contributed by atoms with Crippen LogP contribution in [0.5, 0.6) is 0 Å². The molecule has 0 spiro atoms. The molecule has 3 nitrogen and oxygen atoms in total. The van der Waals surface area contributed by atoms with Crippen molar-refractivity contribution in [1.82, 2.24) is 10.2 Å². The van der Waals surface area contributed by atoms with Gasteiger partial charge in [-0.15, -0.1) is 0 Å². The third-order valence-corrected chi connectivity index (χ3v) is 4.85. The standard InChI is InChI=1S/C18H26F2N2O/c1-3-21-13(2)14-5-4-6-15(11-14)18(19,20)17-12-22(9-10-23-17)16-7-8-16/h4-6,11,13,16-17,21H,3,7-10,12H2,1-2H3/t13-,17?/m1/s1. The molecule has 2 atom stereocenters. The first kappa shape index (κ1) is 16.8. The van der Waals surface area contributed by atoms with E-state index in [4.69, 9.17) is 4.74 Å². The molecule has 128 valence electrons. The Hall–Kier alpha value is -1.04. The predicted molar refractivity (Wildman–Crippen MR) is 86.8 cm³/mol. The van der Waals surface area contributed by atoms with Crippen LogP contribution in [0.4, 0.5) is 8.78 Å². The van der Waals surface area contributed by atoms with Crippen molar-refractivity contribution in [2.24, 2.45) is 0 Å². The van der Waals surface area contributed by atoms with Crippen LogP contribution in [0.15, 0.2) is 24.3 Å². The maximum Gasteiger partial charge on any atom is 0.300 e. The Labute approximate surface area is 137 Å². The molecule has 1 heterocycles. The molecule has 0 radical (unpaired) electrons. The number of rotatable bonds is 6. The molecule has 0 amide bonds. The van der Waals surface area contributed by atoms with Gasteiger partial charge in [0.1, 0.15) is 6.10 Å². The molecular formula is C18H26F2N2O. The minimum absolute atomic E-state index is 0.0578. The molecule has 1 unspecified atom stereocenters. The summed E-state index contributed by atoms with van der Waals surface area (Å²) in [4.78, 5) is 2.16. The fraction of sp³-hybridized carbons (Fsp3) is 0.667. The average Bonchev–Trinajstić information content (AvgIpc) is 3.40. The predicted octanol–water partition coefficient (Wildman–Crippen LogP) is 3.31. The third-order valence-electron chi connectivity index (χ3n) is 4.85. The fourth-order valence-corrected chi connectivity index (χ4v) is 3.29. The summed E-state index contributed by atoms with van der Waals surface area (Å²) in [6.45, 7) is 6.30. The van der Waals surface area contributed by atoms with E-state index in [1.165, 1.54) is 6.07 Å². The highest BCUT2D eigenvalue weighted by Crippen LogP contribution is 2.38. The van der Waals surface area contributed by atoms with Gasteiger partial charge in [0.05, 0.1) is 6.61 Å². The second-order valence-corrected chi connectivity index (χ2v) is 6.61. The molecule has 1 aromatic rings. The number of morpholine rings is 1. The Morgan fingerprint density at radius 1 is 1.39 bits per heavy atom. The van der Waals surface area contributed by atoms with Crippen molar-refractivity contribution < 1.29 is 13.5 Å². The molecule has 2 aliphatic rings. The zero-order valence-corrected chi connectivity index (χ0v) is 13.9. The minimum atomic E-state index is -2.96. The van der Waals surface area contributed by atoms with Crippen molar-refractivity contribution >= 4 is 0 Å². The number of hydrogen-bond acceptors (Lipinski definition) is 3. The summed E-state index contributed by atoms with van der Waals surface area (Å²) in [5.41, 5.74) is 0.946. The Morgan fingerprint density at radius 2 is 2.17 bits per heavy atom. The number of alkyl halides is 2. The molecule has 1 aliphatic carbocycles. The highest BCUT2D eigenvalue weighted by molar-refractivity contribution is 5.30. The molecule has 0 aromatic heterocycles. The van der Waals surface area contributed by atoms with Crippen LogP contribution in [0, 0.1) is 0 Å². The Kier molecular flexibility index (Phi) is 4.99. The van der Waals surface area contributed by atoms with E-state index in [0.717, 1.165) is 31.5 Å². The van der Waals surface area contributed by atoms with E-state index in [1.807, 2.05) is 19.9 Å². The number of ether oxygens (including phenoxy) is 1. The summed E-state index contributed by atoms with van der Waals surface area (Å²) in [7, 11) is 0. The molecule has 1 saturated carbocycles. The van der Waals surface area contributed by atoms with Gasteiger partial charge in [-0.3, -0.25) is 4.90 Å². The maximum atomic E-state index is 15.0. The van der Waals surface area contributed by atoms with Crippen LogP contribution in [0.3, 0.4) is 0 Å². The Bertz CT molecular complexity index is 534. The summed E-state index contributed by atoms with van der Waals surface area (Å²) in [6.07, 6.45) is 1.21. The van der Waals surface area contributed by atoms with Crippen LogP contribution in [-0.2, 0) is 10.7 Å². The third kappa shape index (κ3) is 3.73. The highest BCUT2D eigenvalue weighted by atomic mass is 19.3. The molecule has 1 aliphatic heterocycles. The summed E-state index contributed by atoms with van der Waals surface area (Å²) >= 11 is 0. The van der Waals surface area contributed by atoms with Crippen molar-refractivity contribution in [1.29, 1.82) is 0 Å². The van der Waals surface area contributed by atoms with Gasteiger partial charge in [0.15, 0.2) is 0 Å². The minimum Gasteiger partial charge on any atom is -0.369 e. The molecule has 3 rings (SSSR count). The number of halogens is 2. The van der Waals surface area contributed by atoms with Gasteiger partial charge < -0.3 is 10.1 Å². The SMILES string of the molecule is CCN[C@H](C)c1cccc(C(F)(F)C2CN(C3CC3)CCO2)c1. The first-order valence-electron chi connectivity index (χ1n) is 8.59. The largest absolute Gasteiger partial charge is 0.369 e. The van der Waals surface area contributed by atoms with Crippen molar-refractivity contribution in [3.05, 3.63) is 35.4 Å². The smallest absolute Gasteiger partial charge is 0.300 e. The van der Waals surface area contributed by atoms with Crippen molar-refractivity contribution in [3.8, 4) is 0 Å². The molecule has 1 saturated heterocycles. The first-order chi connectivity index (χ1) is 11.0. The molecule has 5 heteroatoms. The van der Waals surface area contributed by atoms with Gasteiger partial charge in [0.2, 0.25) is 0 Å². The van der Waals surface area contributed by atoms with E-state index in [-0.39, 0.29) is 11.6 Å². The summed E-state index contributed by atoms with van der Waals surface area (Å²) in [5, 5.41) is 3.27. The maximum absolute atomic E-state index is 15.0. The topological polar surface area (TPSA) is 24.5 Å². The molecule has 23 heavy (non-hydrogen) atoms. The monoisotopic (exact) mass is 324 g/mol. The molecule has 1 aromatic carbocycles. The Morgan fingerprint density at radius 3 is 2.87 bits per heavy atom. The van der Waals surface area contributed by atoms with Crippen LogP contribution in [-0.4, -0.2) is 43.3 Å². The second-order valence-electron chi connectivity index (χ2n) is 6.61. The Balaban J connectivity index is 1.76. The van der Waals surface area contributed by atoms with Gasteiger partial charge in [-0.25, -0.2) is 0 Å². The van der Waals surface area contributed by atoms with E-state index in [9.17, 15) is 8.78 Å². The van der Waals surface area contributed by atoms with Gasteiger partial charge in [-0.05, 0) is 37.9 Å². The van der Waals surface area contributed by atoms with Gasteiger partial charge in [-0.1, -0.05) is 25.1 Å². The van der Waals surface area contributed by atoms with E-state index in [1.54, 1.807) is 12.1 Å². The normalized spacial score (nSPS) is 24.6.